The van der Waals surface area contributed by atoms with Crippen molar-refractivity contribution in [2.75, 3.05) is 5.75 Å². The number of halogens is 3. The molecule has 160 valence electrons. The number of alkyl halides is 3. The minimum Gasteiger partial charge on any atom is -0.339 e. The van der Waals surface area contributed by atoms with E-state index in [0.29, 0.717) is 33.0 Å². The number of thioether (sulfide) groups is 1. The maximum atomic E-state index is 12.8. The molecule has 0 unspecified atom stereocenters. The molecule has 31 heavy (non-hydrogen) atoms. The Labute approximate surface area is 180 Å². The van der Waals surface area contributed by atoms with Crippen LogP contribution in [0.4, 0.5) is 13.2 Å². The van der Waals surface area contributed by atoms with Crippen LogP contribution < -0.4 is 0 Å². The van der Waals surface area contributed by atoms with Gasteiger partial charge in [0.15, 0.2) is 11.4 Å². The van der Waals surface area contributed by atoms with Gasteiger partial charge in [0, 0.05) is 17.0 Å². The lowest BCUT2D eigenvalue weighted by Gasteiger charge is -2.12. The van der Waals surface area contributed by atoms with Gasteiger partial charge in [0.2, 0.25) is 0 Å². The van der Waals surface area contributed by atoms with Gasteiger partial charge in [-0.2, -0.15) is 18.3 Å². The molecular weight excluding hydrogens is 427 g/mol. The Hall–Kier alpha value is -3.14. The quantitative estimate of drug-likeness (QED) is 0.243. The lowest BCUT2D eigenvalue weighted by atomic mass is 10.2. The van der Waals surface area contributed by atoms with E-state index in [-0.39, 0.29) is 11.5 Å². The number of hydrogen-bond acceptors (Lipinski definition) is 5. The van der Waals surface area contributed by atoms with Gasteiger partial charge in [-0.15, -0.1) is 0 Å². The highest BCUT2D eigenvalue weighted by molar-refractivity contribution is 8.00. The van der Waals surface area contributed by atoms with Gasteiger partial charge in [-0.3, -0.25) is 4.79 Å². The molecule has 4 rings (SSSR count). The third-order valence-corrected chi connectivity index (χ3v) is 5.89. The van der Waals surface area contributed by atoms with E-state index in [1.807, 2.05) is 30.3 Å². The summed E-state index contributed by atoms with van der Waals surface area (Å²) in [6, 6.07) is 11.0. The van der Waals surface area contributed by atoms with Gasteiger partial charge in [0.25, 0.3) is 0 Å². The van der Waals surface area contributed by atoms with E-state index >= 15 is 0 Å². The number of fused-ring (bicyclic) bond motifs is 1. The highest BCUT2D eigenvalue weighted by Gasteiger charge is 2.30. The predicted octanol–water partition coefficient (Wildman–Crippen LogP) is 4.77. The fraction of sp³-hybridized carbons (Fsp3) is 0.238. The molecular formula is C21H18F3N5OS. The van der Waals surface area contributed by atoms with Gasteiger partial charge in [-0.25, -0.2) is 14.6 Å². The van der Waals surface area contributed by atoms with Gasteiger partial charge in [0.05, 0.1) is 23.0 Å². The van der Waals surface area contributed by atoms with Gasteiger partial charge in [0.1, 0.15) is 17.9 Å². The molecule has 0 saturated heterocycles. The van der Waals surface area contributed by atoms with Gasteiger partial charge in [-0.05, 0) is 32.0 Å². The van der Waals surface area contributed by atoms with Crippen LogP contribution in [0.25, 0.3) is 16.7 Å². The molecule has 0 atom stereocenters. The molecule has 0 aliphatic carbocycles. The third-order valence-electron chi connectivity index (χ3n) is 4.88. The van der Waals surface area contributed by atoms with Gasteiger partial charge in [-0.1, -0.05) is 30.0 Å². The van der Waals surface area contributed by atoms with Crippen molar-refractivity contribution >= 4 is 28.6 Å². The number of rotatable bonds is 6. The van der Waals surface area contributed by atoms with Crippen LogP contribution in [0.1, 0.15) is 21.7 Å². The summed E-state index contributed by atoms with van der Waals surface area (Å²) in [4.78, 5) is 21.3. The largest absolute Gasteiger partial charge is 0.406 e. The van der Waals surface area contributed by atoms with Crippen LogP contribution in [0.15, 0.2) is 53.9 Å². The number of para-hydroxylation sites is 1. The molecule has 4 aromatic rings. The second-order valence-electron chi connectivity index (χ2n) is 7.01. The maximum absolute atomic E-state index is 12.8. The van der Waals surface area contributed by atoms with E-state index in [1.165, 1.54) is 31.1 Å². The summed E-state index contributed by atoms with van der Waals surface area (Å²) in [5.41, 5.74) is 2.46. The first-order chi connectivity index (χ1) is 14.7. The minimum atomic E-state index is -4.35. The topological polar surface area (TPSA) is 65.6 Å². The first kappa shape index (κ1) is 21.1. The highest BCUT2D eigenvalue weighted by atomic mass is 32.2. The number of Topliss-reactive ketones (excluding diaryl/α,β-unsaturated/α-hetero) is 1. The van der Waals surface area contributed by atoms with Gasteiger partial charge < -0.3 is 4.57 Å². The molecule has 0 N–H and O–H groups in total. The molecule has 0 saturated carbocycles. The summed E-state index contributed by atoms with van der Waals surface area (Å²) in [6.45, 7) is 1.98. The number of benzene rings is 1. The summed E-state index contributed by atoms with van der Waals surface area (Å²) >= 11 is 1.21. The minimum absolute atomic E-state index is 0.0406. The average Bonchev–Trinajstić information content (AvgIpc) is 3.29. The summed E-state index contributed by atoms with van der Waals surface area (Å²) < 4.78 is 41.3. The Morgan fingerprint density at radius 2 is 1.87 bits per heavy atom. The number of ketones is 1. The van der Waals surface area contributed by atoms with Crippen molar-refractivity contribution in [2.24, 2.45) is 0 Å². The molecule has 0 aliphatic heterocycles. The zero-order chi connectivity index (χ0) is 22.2. The number of carbonyl (C=O) groups excluding carboxylic acids is 1. The Bertz CT molecular complexity index is 1250. The Morgan fingerprint density at radius 3 is 2.58 bits per heavy atom. The molecule has 3 aromatic heterocycles. The fourth-order valence-electron chi connectivity index (χ4n) is 3.41. The highest BCUT2D eigenvalue weighted by Crippen LogP contribution is 2.28. The molecule has 10 heteroatoms. The van der Waals surface area contributed by atoms with Crippen LogP contribution in [-0.2, 0) is 6.54 Å². The monoisotopic (exact) mass is 445 g/mol. The number of carbonyl (C=O) groups is 1. The van der Waals surface area contributed by atoms with E-state index in [0.717, 1.165) is 10.3 Å². The number of hydrogen-bond donors (Lipinski definition) is 0. The number of aryl methyl sites for hydroxylation is 1. The standard InChI is InChI=1S/C21H18F3N5OS/c1-13-8-16(14(2)28(13)11-21(22,23)24)18(30)10-31-20-17-9-27-29(19(17)25-12-26-20)15-6-4-3-5-7-15/h3-9,12H,10-11H2,1-2H3. The first-order valence-corrected chi connectivity index (χ1v) is 10.4. The van der Waals surface area contributed by atoms with Crippen LogP contribution >= 0.6 is 11.8 Å². The van der Waals surface area contributed by atoms with Crippen LogP contribution in [0.3, 0.4) is 0 Å². The van der Waals surface area contributed by atoms with Crippen molar-refractivity contribution in [1.82, 2.24) is 24.3 Å². The second kappa shape index (κ2) is 8.18. The molecule has 0 bridgehead atoms. The summed E-state index contributed by atoms with van der Waals surface area (Å²) in [5, 5.41) is 5.67. The van der Waals surface area contributed by atoms with Crippen molar-refractivity contribution in [1.29, 1.82) is 0 Å². The first-order valence-electron chi connectivity index (χ1n) is 9.38. The third kappa shape index (κ3) is 4.34. The molecule has 0 spiro atoms. The Balaban J connectivity index is 1.56. The van der Waals surface area contributed by atoms with Crippen molar-refractivity contribution in [3.63, 3.8) is 0 Å². The Kier molecular flexibility index (Phi) is 5.57. The number of aromatic nitrogens is 5. The van der Waals surface area contributed by atoms with E-state index in [4.69, 9.17) is 0 Å². The molecule has 0 aliphatic rings. The van der Waals surface area contributed by atoms with E-state index in [1.54, 1.807) is 17.8 Å². The molecule has 0 radical (unpaired) electrons. The van der Waals surface area contributed by atoms with Crippen molar-refractivity contribution in [3.8, 4) is 5.69 Å². The lowest BCUT2D eigenvalue weighted by molar-refractivity contribution is -0.141. The SMILES string of the molecule is Cc1cc(C(=O)CSc2ncnc3c2cnn3-c2ccccc2)c(C)n1CC(F)(F)F. The van der Waals surface area contributed by atoms with E-state index in [2.05, 4.69) is 15.1 Å². The number of nitrogens with zero attached hydrogens (tertiary/aromatic N) is 5. The normalized spacial score (nSPS) is 11.9. The molecule has 6 nitrogen and oxygen atoms in total. The van der Waals surface area contributed by atoms with Gasteiger partial charge >= 0.3 is 6.18 Å². The Morgan fingerprint density at radius 1 is 1.13 bits per heavy atom. The summed E-state index contributed by atoms with van der Waals surface area (Å²) in [7, 11) is 0. The van der Waals surface area contributed by atoms with Crippen molar-refractivity contribution < 1.29 is 18.0 Å². The summed E-state index contributed by atoms with van der Waals surface area (Å²) in [6.07, 6.45) is -1.30. The lowest BCUT2D eigenvalue weighted by Crippen LogP contribution is -2.19. The van der Waals surface area contributed by atoms with Crippen molar-refractivity contribution in [3.05, 3.63) is 65.9 Å². The predicted molar refractivity (Wildman–Crippen MR) is 112 cm³/mol. The van der Waals surface area contributed by atoms with Crippen LogP contribution in [0, 0.1) is 13.8 Å². The second-order valence-corrected chi connectivity index (χ2v) is 7.97. The molecule has 0 fully saturated rings. The van der Waals surface area contributed by atoms with E-state index in [9.17, 15) is 18.0 Å². The van der Waals surface area contributed by atoms with E-state index < -0.39 is 12.7 Å². The molecule has 3 heterocycles. The van der Waals surface area contributed by atoms with Crippen LogP contribution in [0.2, 0.25) is 0 Å². The van der Waals surface area contributed by atoms with Crippen LogP contribution in [-0.4, -0.2) is 42.0 Å². The maximum Gasteiger partial charge on any atom is 0.406 e. The van der Waals surface area contributed by atoms with Crippen molar-refractivity contribution in [2.45, 2.75) is 31.6 Å². The summed E-state index contributed by atoms with van der Waals surface area (Å²) in [5.74, 6) is -0.215. The van der Waals surface area contributed by atoms with Crippen LogP contribution in [0.5, 0.6) is 0 Å². The fourth-order valence-corrected chi connectivity index (χ4v) is 4.26. The molecule has 1 aromatic carbocycles. The smallest absolute Gasteiger partial charge is 0.339 e. The zero-order valence-electron chi connectivity index (χ0n) is 16.7. The zero-order valence-corrected chi connectivity index (χ0v) is 17.5. The molecule has 0 amide bonds. The average molecular weight is 445 g/mol.